The number of fused-ring (bicyclic) bond motifs is 2. The highest BCUT2D eigenvalue weighted by Gasteiger charge is 2.40. The molecule has 3 aromatic heterocycles. The van der Waals surface area contributed by atoms with Crippen molar-refractivity contribution in [2.24, 2.45) is 0 Å². The maximum atomic E-state index is 12.9. The molecule has 0 bridgehead atoms. The van der Waals surface area contributed by atoms with E-state index in [1.165, 1.54) is 6.33 Å². The Balaban J connectivity index is 1.21. The van der Waals surface area contributed by atoms with E-state index < -0.39 is 0 Å². The van der Waals surface area contributed by atoms with Gasteiger partial charge in [-0.2, -0.15) is 5.10 Å². The lowest BCUT2D eigenvalue weighted by Crippen LogP contribution is -2.33. The SMILES string of the molecule is Cc1ccc(OC2CO[C@H]3CN(C(=O)c4ccc5ncnn5c4)C[C@@H]3OC2)cn1. The molecule has 2 fully saturated rings. The number of carbonyl (C=O) groups is 1. The van der Waals surface area contributed by atoms with Gasteiger partial charge in [0.1, 0.15) is 30.4 Å². The minimum absolute atomic E-state index is 0.0683. The standard InChI is InChI=1S/C20H21N5O4/c1-13-2-4-15(6-21-13)29-16-10-27-17-8-24(9-18(17)28-11-16)20(26)14-3-5-19-22-12-23-25(19)7-14/h2-7,12,16-18H,8-11H2,1H3/t17-,18-/m0/s1. The molecule has 150 valence electrons. The van der Waals surface area contributed by atoms with Crippen LogP contribution in [0, 0.1) is 6.92 Å². The topological polar surface area (TPSA) is 91.1 Å². The Labute approximate surface area is 167 Å². The Kier molecular flexibility index (Phi) is 4.61. The van der Waals surface area contributed by atoms with Crippen LogP contribution in [0.15, 0.2) is 43.0 Å². The Morgan fingerprint density at radius 2 is 1.90 bits per heavy atom. The molecular weight excluding hydrogens is 374 g/mol. The summed E-state index contributed by atoms with van der Waals surface area (Å²) in [6.07, 6.45) is 4.32. The van der Waals surface area contributed by atoms with Gasteiger partial charge in [-0.25, -0.2) is 9.50 Å². The first-order valence-corrected chi connectivity index (χ1v) is 9.57. The molecule has 3 aromatic rings. The second-order valence-corrected chi connectivity index (χ2v) is 7.31. The van der Waals surface area contributed by atoms with Crippen LogP contribution in [0.5, 0.6) is 5.75 Å². The number of hydrogen-bond donors (Lipinski definition) is 0. The second-order valence-electron chi connectivity index (χ2n) is 7.31. The Hall–Kier alpha value is -3.04. The van der Waals surface area contributed by atoms with Crippen molar-refractivity contribution in [3.05, 3.63) is 54.2 Å². The highest BCUT2D eigenvalue weighted by atomic mass is 16.6. The van der Waals surface area contributed by atoms with E-state index in [9.17, 15) is 4.79 Å². The van der Waals surface area contributed by atoms with E-state index in [0.29, 0.717) is 43.3 Å². The van der Waals surface area contributed by atoms with Gasteiger partial charge in [0.05, 0.1) is 25.0 Å². The highest BCUT2D eigenvalue weighted by Crippen LogP contribution is 2.23. The van der Waals surface area contributed by atoms with Crippen LogP contribution in [0.2, 0.25) is 0 Å². The smallest absolute Gasteiger partial charge is 0.255 e. The van der Waals surface area contributed by atoms with Gasteiger partial charge in [0.2, 0.25) is 0 Å². The fraction of sp³-hybridized carbons (Fsp3) is 0.400. The van der Waals surface area contributed by atoms with Crippen LogP contribution in [0.25, 0.3) is 5.65 Å². The van der Waals surface area contributed by atoms with Crippen molar-refractivity contribution in [1.82, 2.24) is 24.5 Å². The van der Waals surface area contributed by atoms with E-state index in [1.807, 2.05) is 19.1 Å². The maximum absolute atomic E-state index is 12.9. The first-order valence-electron chi connectivity index (χ1n) is 9.57. The Morgan fingerprint density at radius 3 is 2.62 bits per heavy atom. The number of aromatic nitrogens is 4. The molecule has 0 spiro atoms. The van der Waals surface area contributed by atoms with Gasteiger partial charge < -0.3 is 19.1 Å². The number of amides is 1. The Morgan fingerprint density at radius 1 is 1.10 bits per heavy atom. The number of carbonyl (C=O) groups excluding carboxylic acids is 1. The van der Waals surface area contributed by atoms with Gasteiger partial charge in [0, 0.05) is 25.0 Å². The van der Waals surface area contributed by atoms with Crippen LogP contribution < -0.4 is 4.74 Å². The third-order valence-electron chi connectivity index (χ3n) is 5.20. The summed E-state index contributed by atoms with van der Waals surface area (Å²) in [5.74, 6) is 0.626. The highest BCUT2D eigenvalue weighted by molar-refractivity contribution is 5.94. The van der Waals surface area contributed by atoms with E-state index in [1.54, 1.807) is 33.9 Å². The van der Waals surface area contributed by atoms with Crippen molar-refractivity contribution < 1.29 is 19.0 Å². The van der Waals surface area contributed by atoms with E-state index in [2.05, 4.69) is 15.1 Å². The number of rotatable bonds is 3. The van der Waals surface area contributed by atoms with Crippen LogP contribution in [0.3, 0.4) is 0 Å². The van der Waals surface area contributed by atoms with Gasteiger partial charge in [-0.05, 0) is 31.2 Å². The van der Waals surface area contributed by atoms with Crippen molar-refractivity contribution in [3.8, 4) is 5.75 Å². The molecule has 0 radical (unpaired) electrons. The number of hydrogen-bond acceptors (Lipinski definition) is 7. The van der Waals surface area contributed by atoms with Crippen LogP contribution >= 0.6 is 0 Å². The second kappa shape index (κ2) is 7.41. The lowest BCUT2D eigenvalue weighted by molar-refractivity contribution is -0.00461. The van der Waals surface area contributed by atoms with Gasteiger partial charge >= 0.3 is 0 Å². The molecule has 0 saturated carbocycles. The number of nitrogens with zero attached hydrogens (tertiary/aromatic N) is 5. The van der Waals surface area contributed by atoms with Crippen molar-refractivity contribution in [1.29, 1.82) is 0 Å². The summed E-state index contributed by atoms with van der Waals surface area (Å²) in [6, 6.07) is 7.34. The molecular formula is C20H21N5O4. The van der Waals surface area contributed by atoms with Gasteiger partial charge in [0.15, 0.2) is 5.65 Å². The zero-order valence-corrected chi connectivity index (χ0v) is 16.0. The first kappa shape index (κ1) is 18.0. The molecule has 2 saturated heterocycles. The average Bonchev–Trinajstić information content (AvgIpc) is 3.33. The molecule has 9 nitrogen and oxygen atoms in total. The van der Waals surface area contributed by atoms with Crippen molar-refractivity contribution >= 4 is 11.6 Å². The molecule has 5 heterocycles. The van der Waals surface area contributed by atoms with Gasteiger partial charge in [-0.1, -0.05) is 0 Å². The number of pyridine rings is 2. The summed E-state index contributed by atoms with van der Waals surface area (Å²) in [5.41, 5.74) is 2.20. The third-order valence-corrected chi connectivity index (χ3v) is 5.20. The average molecular weight is 395 g/mol. The monoisotopic (exact) mass is 395 g/mol. The molecule has 0 aliphatic carbocycles. The fourth-order valence-electron chi connectivity index (χ4n) is 3.65. The lowest BCUT2D eigenvalue weighted by atomic mass is 10.2. The zero-order chi connectivity index (χ0) is 19.8. The van der Waals surface area contributed by atoms with Crippen LogP contribution in [0.1, 0.15) is 16.1 Å². The van der Waals surface area contributed by atoms with Crippen LogP contribution in [0.4, 0.5) is 0 Å². The minimum atomic E-state index is -0.205. The van der Waals surface area contributed by atoms with Gasteiger partial charge in [-0.3, -0.25) is 9.78 Å². The van der Waals surface area contributed by atoms with E-state index in [-0.39, 0.29) is 24.2 Å². The quantitative estimate of drug-likeness (QED) is 0.656. The summed E-state index contributed by atoms with van der Waals surface area (Å²) >= 11 is 0. The first-order chi connectivity index (χ1) is 14.2. The Bertz CT molecular complexity index is 1010. The number of aryl methyl sites for hydroxylation is 1. The van der Waals surface area contributed by atoms with E-state index >= 15 is 0 Å². The minimum Gasteiger partial charge on any atom is -0.484 e. The third kappa shape index (κ3) is 3.66. The van der Waals surface area contributed by atoms with Crippen molar-refractivity contribution in [2.45, 2.75) is 25.2 Å². The molecule has 9 heteroatoms. The molecule has 0 unspecified atom stereocenters. The molecule has 2 aliphatic heterocycles. The van der Waals surface area contributed by atoms with Crippen LogP contribution in [-0.2, 0) is 9.47 Å². The molecule has 2 aliphatic rings. The largest absolute Gasteiger partial charge is 0.484 e. The molecule has 1 amide bonds. The molecule has 2 atom stereocenters. The molecule has 0 aromatic carbocycles. The number of ether oxygens (including phenoxy) is 3. The maximum Gasteiger partial charge on any atom is 0.255 e. The molecule has 29 heavy (non-hydrogen) atoms. The van der Waals surface area contributed by atoms with Gasteiger partial charge in [-0.15, -0.1) is 0 Å². The fourth-order valence-corrected chi connectivity index (χ4v) is 3.65. The van der Waals surface area contributed by atoms with Crippen molar-refractivity contribution in [3.63, 3.8) is 0 Å². The lowest BCUT2D eigenvalue weighted by Gasteiger charge is -2.19. The summed E-state index contributed by atoms with van der Waals surface area (Å²) in [7, 11) is 0. The summed E-state index contributed by atoms with van der Waals surface area (Å²) < 4.78 is 19.6. The summed E-state index contributed by atoms with van der Waals surface area (Å²) in [5, 5.41) is 4.09. The van der Waals surface area contributed by atoms with Gasteiger partial charge in [0.25, 0.3) is 5.91 Å². The van der Waals surface area contributed by atoms with E-state index in [0.717, 1.165) is 5.69 Å². The summed E-state index contributed by atoms with van der Waals surface area (Å²) in [6.45, 7) is 3.71. The van der Waals surface area contributed by atoms with Crippen molar-refractivity contribution in [2.75, 3.05) is 26.3 Å². The predicted octanol–water partition coefficient (Wildman–Crippen LogP) is 1.12. The number of likely N-dealkylation sites (tertiary alicyclic amines) is 1. The molecule has 5 rings (SSSR count). The van der Waals surface area contributed by atoms with Crippen LogP contribution in [-0.4, -0.2) is 75.0 Å². The normalized spacial score (nSPS) is 22.4. The van der Waals surface area contributed by atoms with E-state index in [4.69, 9.17) is 14.2 Å². The predicted molar refractivity (Wildman–Crippen MR) is 102 cm³/mol. The molecule has 0 N–H and O–H groups in total. The zero-order valence-electron chi connectivity index (χ0n) is 16.0. The summed E-state index contributed by atoms with van der Waals surface area (Å²) in [4.78, 5) is 23.0.